The van der Waals surface area contributed by atoms with E-state index in [2.05, 4.69) is 20.5 Å². The number of aromatic amines is 1. The predicted octanol–water partition coefficient (Wildman–Crippen LogP) is 2.79. The van der Waals surface area contributed by atoms with Gasteiger partial charge < -0.3 is 9.72 Å². The molecule has 2 N–H and O–H groups in total. The van der Waals surface area contributed by atoms with E-state index in [-0.39, 0.29) is 18.3 Å². The molecule has 124 valence electrons. The molecule has 0 unspecified atom stereocenters. The summed E-state index contributed by atoms with van der Waals surface area (Å²) in [4.78, 5) is 16.6. The van der Waals surface area contributed by atoms with Crippen molar-refractivity contribution in [3.63, 3.8) is 0 Å². The fraction of sp³-hybridized carbons (Fsp3) is 0.0556. The van der Waals surface area contributed by atoms with E-state index in [0.717, 1.165) is 11.1 Å². The molecule has 0 aliphatic rings. The Kier molecular flexibility index (Phi) is 3.74. The third-order valence-corrected chi connectivity index (χ3v) is 3.92. The number of hydrogen-bond donors (Lipinski definition) is 2. The van der Waals surface area contributed by atoms with E-state index in [1.54, 1.807) is 35.3 Å². The highest BCUT2D eigenvalue weighted by atomic mass is 19.1. The molecule has 0 atom stereocenters. The number of aromatic nitrogens is 4. The normalized spacial score (nSPS) is 10.9. The van der Waals surface area contributed by atoms with Crippen LogP contribution in [0.25, 0.3) is 16.6 Å². The lowest BCUT2D eigenvalue weighted by atomic mass is 10.1. The lowest BCUT2D eigenvalue weighted by Gasteiger charge is -2.05. The fourth-order valence-corrected chi connectivity index (χ4v) is 2.67. The van der Waals surface area contributed by atoms with Crippen LogP contribution >= 0.6 is 0 Å². The van der Waals surface area contributed by atoms with Gasteiger partial charge in [0.2, 0.25) is 0 Å². The summed E-state index contributed by atoms with van der Waals surface area (Å²) in [6.45, 7) is 0.239. The van der Waals surface area contributed by atoms with Crippen LogP contribution in [0.2, 0.25) is 0 Å². The van der Waals surface area contributed by atoms with E-state index >= 15 is 0 Å². The first kappa shape index (κ1) is 15.1. The SMILES string of the molecule is O=C(NCc1cccc(F)c1)c1ncn2cc(-c3cn[nH]c3)ccc12. The Hall–Kier alpha value is -3.48. The summed E-state index contributed by atoms with van der Waals surface area (Å²) >= 11 is 0. The quantitative estimate of drug-likeness (QED) is 0.602. The Balaban J connectivity index is 1.55. The zero-order chi connectivity index (χ0) is 17.2. The van der Waals surface area contributed by atoms with Gasteiger partial charge in [-0.15, -0.1) is 0 Å². The van der Waals surface area contributed by atoms with Gasteiger partial charge in [0.05, 0.1) is 11.7 Å². The van der Waals surface area contributed by atoms with Gasteiger partial charge in [-0.25, -0.2) is 9.37 Å². The third kappa shape index (κ3) is 2.99. The first-order valence-electron chi connectivity index (χ1n) is 7.69. The Labute approximate surface area is 142 Å². The maximum Gasteiger partial charge on any atom is 0.272 e. The van der Waals surface area contributed by atoms with Crippen molar-refractivity contribution in [2.45, 2.75) is 6.54 Å². The number of hydrogen-bond acceptors (Lipinski definition) is 3. The van der Waals surface area contributed by atoms with Crippen LogP contribution < -0.4 is 5.32 Å². The number of imidazole rings is 1. The third-order valence-electron chi connectivity index (χ3n) is 3.92. The molecule has 0 bridgehead atoms. The zero-order valence-corrected chi connectivity index (χ0v) is 13.1. The average Bonchev–Trinajstić information content (AvgIpc) is 3.28. The number of pyridine rings is 1. The van der Waals surface area contributed by atoms with E-state index in [1.807, 2.05) is 18.3 Å². The number of rotatable bonds is 4. The molecular weight excluding hydrogens is 321 g/mol. The van der Waals surface area contributed by atoms with Gasteiger partial charge in [-0.1, -0.05) is 18.2 Å². The predicted molar refractivity (Wildman–Crippen MR) is 90.3 cm³/mol. The van der Waals surface area contributed by atoms with Gasteiger partial charge in [0.25, 0.3) is 5.91 Å². The smallest absolute Gasteiger partial charge is 0.272 e. The Morgan fingerprint density at radius 1 is 1.24 bits per heavy atom. The maximum atomic E-state index is 13.2. The van der Waals surface area contributed by atoms with E-state index in [1.165, 1.54) is 12.1 Å². The van der Waals surface area contributed by atoms with Crippen molar-refractivity contribution in [3.05, 3.63) is 78.4 Å². The number of H-pyrrole nitrogens is 1. The summed E-state index contributed by atoms with van der Waals surface area (Å²) in [7, 11) is 0. The van der Waals surface area contributed by atoms with Crippen LogP contribution in [0.3, 0.4) is 0 Å². The number of benzene rings is 1. The molecule has 1 amide bonds. The highest BCUT2D eigenvalue weighted by molar-refractivity contribution is 5.99. The second-order valence-electron chi connectivity index (χ2n) is 5.60. The van der Waals surface area contributed by atoms with Gasteiger partial charge in [-0.3, -0.25) is 9.89 Å². The summed E-state index contributed by atoms with van der Waals surface area (Å²) in [5.74, 6) is -0.631. The summed E-state index contributed by atoms with van der Waals surface area (Å²) in [6.07, 6.45) is 7.00. The molecule has 0 saturated carbocycles. The molecule has 4 rings (SSSR count). The number of amides is 1. The van der Waals surface area contributed by atoms with Crippen molar-refractivity contribution < 1.29 is 9.18 Å². The summed E-state index contributed by atoms with van der Waals surface area (Å²) in [5, 5.41) is 9.47. The van der Waals surface area contributed by atoms with Gasteiger partial charge in [0.1, 0.15) is 12.1 Å². The summed E-state index contributed by atoms with van der Waals surface area (Å²) in [5.41, 5.74) is 3.64. The zero-order valence-electron chi connectivity index (χ0n) is 13.1. The molecule has 1 aromatic carbocycles. The number of carbonyl (C=O) groups is 1. The monoisotopic (exact) mass is 335 g/mol. The minimum Gasteiger partial charge on any atom is -0.347 e. The van der Waals surface area contributed by atoms with E-state index in [4.69, 9.17) is 0 Å². The molecule has 0 spiro atoms. The number of halogens is 1. The van der Waals surface area contributed by atoms with Crippen LogP contribution in [0.4, 0.5) is 4.39 Å². The highest BCUT2D eigenvalue weighted by Crippen LogP contribution is 2.20. The van der Waals surface area contributed by atoms with Gasteiger partial charge in [0.15, 0.2) is 5.69 Å². The fourth-order valence-electron chi connectivity index (χ4n) is 2.67. The number of fused-ring (bicyclic) bond motifs is 1. The molecule has 3 aromatic heterocycles. The topological polar surface area (TPSA) is 75.1 Å². The van der Waals surface area contributed by atoms with Gasteiger partial charge in [-0.05, 0) is 23.8 Å². The molecule has 25 heavy (non-hydrogen) atoms. The van der Waals surface area contributed by atoms with E-state index in [9.17, 15) is 9.18 Å². The molecule has 0 fully saturated rings. The molecule has 3 heterocycles. The van der Waals surface area contributed by atoms with Gasteiger partial charge >= 0.3 is 0 Å². The largest absolute Gasteiger partial charge is 0.347 e. The second-order valence-corrected chi connectivity index (χ2v) is 5.60. The van der Waals surface area contributed by atoms with E-state index in [0.29, 0.717) is 16.8 Å². The van der Waals surface area contributed by atoms with E-state index < -0.39 is 0 Å². The van der Waals surface area contributed by atoms with Crippen LogP contribution in [0.5, 0.6) is 0 Å². The number of nitrogens with one attached hydrogen (secondary N) is 2. The van der Waals surface area contributed by atoms with Crippen molar-refractivity contribution in [3.8, 4) is 11.1 Å². The molecule has 7 heteroatoms. The van der Waals surface area contributed by atoms with Crippen molar-refractivity contribution >= 4 is 11.4 Å². The van der Waals surface area contributed by atoms with Crippen LogP contribution in [0.15, 0.2) is 61.3 Å². The van der Waals surface area contributed by atoms with Crippen LogP contribution in [-0.4, -0.2) is 25.5 Å². The van der Waals surface area contributed by atoms with Crippen molar-refractivity contribution in [1.29, 1.82) is 0 Å². The molecule has 0 saturated heterocycles. The van der Waals surface area contributed by atoms with Gasteiger partial charge in [-0.2, -0.15) is 5.10 Å². The molecule has 0 aliphatic carbocycles. The van der Waals surface area contributed by atoms with Crippen molar-refractivity contribution in [2.24, 2.45) is 0 Å². The van der Waals surface area contributed by atoms with Crippen LogP contribution in [0, 0.1) is 5.82 Å². The summed E-state index contributed by atoms with van der Waals surface area (Å²) < 4.78 is 15.0. The number of carbonyl (C=O) groups excluding carboxylic acids is 1. The van der Waals surface area contributed by atoms with Crippen molar-refractivity contribution in [1.82, 2.24) is 24.9 Å². The lowest BCUT2D eigenvalue weighted by molar-refractivity contribution is 0.0948. The molecule has 0 radical (unpaired) electrons. The number of nitrogens with zero attached hydrogens (tertiary/aromatic N) is 3. The van der Waals surface area contributed by atoms with Gasteiger partial charge in [0, 0.05) is 30.1 Å². The Morgan fingerprint density at radius 2 is 2.16 bits per heavy atom. The average molecular weight is 335 g/mol. The molecular formula is C18H14FN5O. The van der Waals surface area contributed by atoms with Crippen LogP contribution in [0.1, 0.15) is 16.1 Å². The standard InChI is InChI=1S/C18H14FN5O/c19-15-3-1-2-12(6-15)7-20-18(25)17-16-5-4-13(10-24(16)11-21-17)14-8-22-23-9-14/h1-6,8-11H,7H2,(H,20,25)(H,22,23). The van der Waals surface area contributed by atoms with Crippen molar-refractivity contribution in [2.75, 3.05) is 0 Å². The maximum absolute atomic E-state index is 13.2. The minimum absolute atomic E-state index is 0.239. The Morgan fingerprint density at radius 3 is 2.96 bits per heavy atom. The molecule has 6 nitrogen and oxygen atoms in total. The minimum atomic E-state index is -0.328. The summed E-state index contributed by atoms with van der Waals surface area (Å²) in [6, 6.07) is 9.87. The highest BCUT2D eigenvalue weighted by Gasteiger charge is 2.14. The lowest BCUT2D eigenvalue weighted by Crippen LogP contribution is -2.23. The first-order valence-corrected chi connectivity index (χ1v) is 7.69. The Bertz CT molecular complexity index is 1040. The second kappa shape index (κ2) is 6.20. The van der Waals surface area contributed by atoms with Crippen LogP contribution in [-0.2, 0) is 6.54 Å². The molecule has 0 aliphatic heterocycles. The first-order chi connectivity index (χ1) is 12.2. The molecule has 4 aromatic rings.